The Morgan fingerprint density at radius 2 is 2.10 bits per heavy atom. The highest BCUT2D eigenvalue weighted by Crippen LogP contribution is 2.28. The van der Waals surface area contributed by atoms with Crippen molar-refractivity contribution in [2.45, 2.75) is 64.8 Å². The molecule has 2 rings (SSSR count). The van der Waals surface area contributed by atoms with Crippen molar-refractivity contribution in [3.8, 4) is 0 Å². The average molecular weight is 271 g/mol. The molecule has 110 valence electrons. The molecule has 0 saturated carbocycles. The van der Waals surface area contributed by atoms with Gasteiger partial charge in [0.15, 0.2) is 0 Å². The van der Waals surface area contributed by atoms with E-state index in [-0.39, 0.29) is 0 Å². The van der Waals surface area contributed by atoms with Gasteiger partial charge in [0.25, 0.3) is 0 Å². The van der Waals surface area contributed by atoms with Crippen molar-refractivity contribution >= 4 is 0 Å². The zero-order valence-corrected chi connectivity index (χ0v) is 13.1. The lowest BCUT2D eigenvalue weighted by molar-refractivity contribution is 0.511. The average Bonchev–Trinajstić information content (AvgIpc) is 2.52. The van der Waals surface area contributed by atoms with Crippen molar-refractivity contribution in [3.63, 3.8) is 0 Å². The van der Waals surface area contributed by atoms with E-state index in [1.807, 2.05) is 0 Å². The predicted molar refractivity (Wildman–Crippen MR) is 88.0 cm³/mol. The normalized spacial score (nSPS) is 16.8. The van der Waals surface area contributed by atoms with Gasteiger partial charge in [0.05, 0.1) is 0 Å². The second-order valence-corrected chi connectivity index (χ2v) is 5.92. The molecule has 0 aromatic heterocycles. The third kappa shape index (κ3) is 4.49. The Morgan fingerprint density at radius 3 is 2.80 bits per heavy atom. The van der Waals surface area contributed by atoms with Gasteiger partial charge in [-0.05, 0) is 62.6 Å². The van der Waals surface area contributed by atoms with Crippen LogP contribution in [0.25, 0.3) is 0 Å². The molecule has 0 heterocycles. The van der Waals surface area contributed by atoms with Crippen LogP contribution in [0.4, 0.5) is 0 Å². The van der Waals surface area contributed by atoms with Crippen molar-refractivity contribution in [1.29, 1.82) is 0 Å². The number of rotatable bonds is 7. The summed E-state index contributed by atoms with van der Waals surface area (Å²) in [6, 6.07) is 9.61. The van der Waals surface area contributed by atoms with Crippen molar-refractivity contribution in [3.05, 3.63) is 47.0 Å². The van der Waals surface area contributed by atoms with Gasteiger partial charge in [-0.1, -0.05) is 49.8 Å². The van der Waals surface area contributed by atoms with Gasteiger partial charge in [-0.25, -0.2) is 0 Å². The number of hydrogen-bond acceptors (Lipinski definition) is 1. The summed E-state index contributed by atoms with van der Waals surface area (Å²) in [5.74, 6) is 0. The first-order valence-electron chi connectivity index (χ1n) is 8.33. The molecule has 0 radical (unpaired) electrons. The number of benzene rings is 1. The molecule has 1 nitrogen and oxygen atoms in total. The van der Waals surface area contributed by atoms with Gasteiger partial charge in [-0.15, -0.1) is 0 Å². The van der Waals surface area contributed by atoms with Crippen LogP contribution in [0.15, 0.2) is 35.9 Å². The summed E-state index contributed by atoms with van der Waals surface area (Å²) in [4.78, 5) is 0. The second kappa shape index (κ2) is 8.26. The molecule has 0 bridgehead atoms. The van der Waals surface area contributed by atoms with Gasteiger partial charge in [0.2, 0.25) is 0 Å². The summed E-state index contributed by atoms with van der Waals surface area (Å²) in [5.41, 5.74) is 4.57. The first kappa shape index (κ1) is 15.3. The largest absolute Gasteiger partial charge is 0.310 e. The summed E-state index contributed by atoms with van der Waals surface area (Å²) in [5, 5.41) is 3.74. The van der Waals surface area contributed by atoms with Gasteiger partial charge in [-0.2, -0.15) is 0 Å². The molecular formula is C19H29N. The highest BCUT2D eigenvalue weighted by molar-refractivity contribution is 5.27. The molecular weight excluding hydrogens is 242 g/mol. The number of aryl methyl sites for hydroxylation is 1. The molecule has 20 heavy (non-hydrogen) atoms. The van der Waals surface area contributed by atoms with Gasteiger partial charge in [0.1, 0.15) is 0 Å². The molecule has 1 N–H and O–H groups in total. The number of allylic oxidation sites excluding steroid dienone is 1. The molecule has 1 heteroatoms. The number of hydrogen-bond donors (Lipinski definition) is 1. The molecule has 1 aliphatic rings. The van der Waals surface area contributed by atoms with Crippen LogP contribution in [0.1, 0.15) is 69.5 Å². The lowest BCUT2D eigenvalue weighted by atomic mass is 9.91. The van der Waals surface area contributed by atoms with E-state index in [1.165, 1.54) is 49.7 Å². The Hall–Kier alpha value is -1.08. The molecule has 1 aromatic rings. The maximum absolute atomic E-state index is 3.74. The molecule has 0 spiro atoms. The minimum Gasteiger partial charge on any atom is -0.310 e. The van der Waals surface area contributed by atoms with Gasteiger partial charge >= 0.3 is 0 Å². The Labute approximate surface area is 124 Å². The zero-order valence-electron chi connectivity index (χ0n) is 13.1. The van der Waals surface area contributed by atoms with E-state index in [9.17, 15) is 0 Å². The van der Waals surface area contributed by atoms with Crippen LogP contribution in [0.2, 0.25) is 0 Å². The van der Waals surface area contributed by atoms with E-state index in [1.54, 1.807) is 5.57 Å². The Morgan fingerprint density at radius 1 is 1.20 bits per heavy atom. The van der Waals surface area contributed by atoms with Crippen LogP contribution in [0, 0.1) is 0 Å². The van der Waals surface area contributed by atoms with Crippen LogP contribution in [-0.2, 0) is 6.42 Å². The summed E-state index contributed by atoms with van der Waals surface area (Å²) in [7, 11) is 0. The molecule has 1 atom stereocenters. The summed E-state index contributed by atoms with van der Waals surface area (Å²) in [6.07, 6.45) is 11.3. The maximum atomic E-state index is 3.74. The monoisotopic (exact) mass is 271 g/mol. The van der Waals surface area contributed by atoms with Gasteiger partial charge in [0, 0.05) is 6.04 Å². The lowest BCUT2D eigenvalue weighted by Gasteiger charge is -2.23. The quantitative estimate of drug-likeness (QED) is 0.674. The first-order valence-corrected chi connectivity index (χ1v) is 8.33. The SMILES string of the molecule is CCCNC(CC1=CCCCC1)c1cccc(CC)c1. The summed E-state index contributed by atoms with van der Waals surface area (Å²) >= 11 is 0. The van der Waals surface area contributed by atoms with Crippen LogP contribution < -0.4 is 5.32 Å². The molecule has 1 aliphatic carbocycles. The smallest absolute Gasteiger partial charge is 0.0357 e. The third-order valence-electron chi connectivity index (χ3n) is 4.25. The van der Waals surface area contributed by atoms with E-state index < -0.39 is 0 Å². The summed E-state index contributed by atoms with van der Waals surface area (Å²) < 4.78 is 0. The fraction of sp³-hybridized carbons (Fsp3) is 0.579. The highest BCUT2D eigenvalue weighted by Gasteiger charge is 2.14. The molecule has 1 unspecified atom stereocenters. The maximum Gasteiger partial charge on any atom is 0.0357 e. The minimum absolute atomic E-state index is 0.491. The number of nitrogens with one attached hydrogen (secondary N) is 1. The summed E-state index contributed by atoms with van der Waals surface area (Å²) in [6.45, 7) is 5.58. The minimum atomic E-state index is 0.491. The van der Waals surface area contributed by atoms with Crippen molar-refractivity contribution in [2.75, 3.05) is 6.54 Å². The van der Waals surface area contributed by atoms with Crippen molar-refractivity contribution in [2.24, 2.45) is 0 Å². The Balaban J connectivity index is 2.10. The highest BCUT2D eigenvalue weighted by atomic mass is 14.9. The van der Waals surface area contributed by atoms with E-state index in [0.717, 1.165) is 13.0 Å². The molecule has 0 saturated heterocycles. The van der Waals surface area contributed by atoms with E-state index in [0.29, 0.717) is 6.04 Å². The van der Waals surface area contributed by atoms with Crippen LogP contribution in [0.3, 0.4) is 0 Å². The molecule has 0 aliphatic heterocycles. The van der Waals surface area contributed by atoms with Crippen LogP contribution in [-0.4, -0.2) is 6.54 Å². The predicted octanol–water partition coefficient (Wildman–Crippen LogP) is 5.18. The molecule has 0 fully saturated rings. The fourth-order valence-corrected chi connectivity index (χ4v) is 3.01. The van der Waals surface area contributed by atoms with Gasteiger partial charge < -0.3 is 5.32 Å². The first-order chi connectivity index (χ1) is 9.83. The standard InChI is InChI=1S/C19H29N/c1-3-13-20-19(15-17-9-6-5-7-10-17)18-12-8-11-16(4-2)14-18/h8-9,11-12,14,19-20H,3-7,10,13,15H2,1-2H3. The topological polar surface area (TPSA) is 12.0 Å². The van der Waals surface area contributed by atoms with Gasteiger partial charge in [-0.3, -0.25) is 0 Å². The lowest BCUT2D eigenvalue weighted by Crippen LogP contribution is -2.23. The molecule has 1 aromatic carbocycles. The van der Waals surface area contributed by atoms with E-state index >= 15 is 0 Å². The van der Waals surface area contributed by atoms with Crippen molar-refractivity contribution < 1.29 is 0 Å². The Kier molecular flexibility index (Phi) is 6.32. The van der Waals surface area contributed by atoms with Crippen molar-refractivity contribution in [1.82, 2.24) is 5.32 Å². The van der Waals surface area contributed by atoms with E-state index in [2.05, 4.69) is 49.5 Å². The second-order valence-electron chi connectivity index (χ2n) is 5.92. The fourth-order valence-electron chi connectivity index (χ4n) is 3.01. The van der Waals surface area contributed by atoms with Crippen LogP contribution in [0.5, 0.6) is 0 Å². The third-order valence-corrected chi connectivity index (χ3v) is 4.25. The molecule has 0 amide bonds. The van der Waals surface area contributed by atoms with Crippen LogP contribution >= 0.6 is 0 Å². The zero-order chi connectivity index (χ0) is 14.2. The Bertz CT molecular complexity index is 433. The van der Waals surface area contributed by atoms with E-state index in [4.69, 9.17) is 0 Å².